The Hall–Kier alpha value is -2.29. The molecule has 1 amide bonds. The number of benzene rings is 2. The SMILES string of the molecule is Cc1cc(N2CCCC2)ccc1NC(=O)c1ccccc1. The standard InChI is InChI=1S/C18H20N2O/c1-14-13-16(20-11-5-6-12-20)9-10-17(14)19-18(21)15-7-3-2-4-8-15/h2-4,7-10,13H,5-6,11-12H2,1H3,(H,19,21). The molecule has 3 rings (SSSR count). The van der Waals surface area contributed by atoms with Crippen molar-refractivity contribution >= 4 is 17.3 Å². The minimum atomic E-state index is -0.0624. The van der Waals surface area contributed by atoms with Crippen molar-refractivity contribution in [1.82, 2.24) is 0 Å². The Balaban J connectivity index is 1.75. The summed E-state index contributed by atoms with van der Waals surface area (Å²) in [6, 6.07) is 15.6. The molecule has 0 spiro atoms. The summed E-state index contributed by atoms with van der Waals surface area (Å²) in [6.45, 7) is 4.31. The highest BCUT2D eigenvalue weighted by Crippen LogP contribution is 2.25. The molecule has 1 aliphatic heterocycles. The van der Waals surface area contributed by atoms with Crippen molar-refractivity contribution in [2.75, 3.05) is 23.3 Å². The fourth-order valence-corrected chi connectivity index (χ4v) is 2.74. The van der Waals surface area contributed by atoms with E-state index in [-0.39, 0.29) is 5.91 Å². The third kappa shape index (κ3) is 3.07. The van der Waals surface area contributed by atoms with Gasteiger partial charge in [-0.05, 0) is 55.7 Å². The molecule has 21 heavy (non-hydrogen) atoms. The number of hydrogen-bond acceptors (Lipinski definition) is 2. The maximum Gasteiger partial charge on any atom is 0.255 e. The number of amides is 1. The second kappa shape index (κ2) is 6.00. The number of hydrogen-bond donors (Lipinski definition) is 1. The number of carbonyl (C=O) groups is 1. The molecule has 1 aliphatic rings. The molecule has 0 aromatic heterocycles. The highest BCUT2D eigenvalue weighted by atomic mass is 16.1. The van der Waals surface area contributed by atoms with Gasteiger partial charge in [0, 0.05) is 30.0 Å². The number of anilines is 2. The van der Waals surface area contributed by atoms with Crippen LogP contribution < -0.4 is 10.2 Å². The van der Waals surface area contributed by atoms with Crippen molar-refractivity contribution in [3.8, 4) is 0 Å². The summed E-state index contributed by atoms with van der Waals surface area (Å²) < 4.78 is 0. The summed E-state index contributed by atoms with van der Waals surface area (Å²) in [5, 5.41) is 2.99. The fraction of sp³-hybridized carbons (Fsp3) is 0.278. The van der Waals surface area contributed by atoms with Gasteiger partial charge in [-0.15, -0.1) is 0 Å². The fourth-order valence-electron chi connectivity index (χ4n) is 2.74. The van der Waals surface area contributed by atoms with Gasteiger partial charge in [0.25, 0.3) is 5.91 Å². The van der Waals surface area contributed by atoms with Crippen LogP contribution in [0.1, 0.15) is 28.8 Å². The molecule has 0 atom stereocenters. The molecule has 2 aromatic carbocycles. The molecular weight excluding hydrogens is 260 g/mol. The number of nitrogens with zero attached hydrogens (tertiary/aromatic N) is 1. The molecule has 0 radical (unpaired) electrons. The van der Waals surface area contributed by atoms with Crippen molar-refractivity contribution in [3.63, 3.8) is 0 Å². The van der Waals surface area contributed by atoms with Crippen LogP contribution in [0.15, 0.2) is 48.5 Å². The first-order valence-electron chi connectivity index (χ1n) is 7.46. The maximum atomic E-state index is 12.2. The second-order valence-electron chi connectivity index (χ2n) is 5.51. The Bertz CT molecular complexity index is 631. The quantitative estimate of drug-likeness (QED) is 0.926. The van der Waals surface area contributed by atoms with Crippen LogP contribution in [-0.2, 0) is 0 Å². The third-order valence-electron chi connectivity index (χ3n) is 3.97. The average Bonchev–Trinajstić information content (AvgIpc) is 3.04. The van der Waals surface area contributed by atoms with Crippen molar-refractivity contribution < 1.29 is 4.79 Å². The second-order valence-corrected chi connectivity index (χ2v) is 5.51. The zero-order chi connectivity index (χ0) is 14.7. The number of carbonyl (C=O) groups excluding carboxylic acids is 1. The lowest BCUT2D eigenvalue weighted by atomic mass is 10.1. The van der Waals surface area contributed by atoms with E-state index >= 15 is 0 Å². The van der Waals surface area contributed by atoms with Crippen LogP contribution in [0.25, 0.3) is 0 Å². The number of aryl methyl sites for hydroxylation is 1. The summed E-state index contributed by atoms with van der Waals surface area (Å²) >= 11 is 0. The van der Waals surface area contributed by atoms with Gasteiger partial charge >= 0.3 is 0 Å². The Morgan fingerprint density at radius 2 is 1.76 bits per heavy atom. The van der Waals surface area contributed by atoms with E-state index in [1.807, 2.05) is 43.3 Å². The zero-order valence-electron chi connectivity index (χ0n) is 12.3. The molecule has 3 heteroatoms. The largest absolute Gasteiger partial charge is 0.372 e. The van der Waals surface area contributed by atoms with Gasteiger partial charge in [-0.25, -0.2) is 0 Å². The molecule has 0 aliphatic carbocycles. The van der Waals surface area contributed by atoms with Gasteiger partial charge in [0.05, 0.1) is 0 Å². The van der Waals surface area contributed by atoms with Crippen molar-refractivity contribution in [2.24, 2.45) is 0 Å². The monoisotopic (exact) mass is 280 g/mol. The third-order valence-corrected chi connectivity index (χ3v) is 3.97. The molecular formula is C18H20N2O. The lowest BCUT2D eigenvalue weighted by Gasteiger charge is -2.19. The van der Waals surface area contributed by atoms with Gasteiger partial charge in [0.2, 0.25) is 0 Å². The minimum absolute atomic E-state index is 0.0624. The van der Waals surface area contributed by atoms with Crippen LogP contribution in [-0.4, -0.2) is 19.0 Å². The van der Waals surface area contributed by atoms with Crippen LogP contribution in [0.5, 0.6) is 0 Å². The lowest BCUT2D eigenvalue weighted by molar-refractivity contribution is 0.102. The molecule has 1 saturated heterocycles. The highest BCUT2D eigenvalue weighted by molar-refractivity contribution is 6.04. The number of nitrogens with one attached hydrogen (secondary N) is 1. The first-order valence-corrected chi connectivity index (χ1v) is 7.46. The van der Waals surface area contributed by atoms with Crippen LogP contribution in [0, 0.1) is 6.92 Å². The van der Waals surface area contributed by atoms with Crippen LogP contribution >= 0.6 is 0 Å². The van der Waals surface area contributed by atoms with Gasteiger partial charge in [0.1, 0.15) is 0 Å². The van der Waals surface area contributed by atoms with Crippen LogP contribution in [0.2, 0.25) is 0 Å². The average molecular weight is 280 g/mol. The molecule has 1 heterocycles. The van der Waals surface area contributed by atoms with Gasteiger partial charge in [-0.3, -0.25) is 4.79 Å². The highest BCUT2D eigenvalue weighted by Gasteiger charge is 2.13. The smallest absolute Gasteiger partial charge is 0.255 e. The minimum Gasteiger partial charge on any atom is -0.372 e. The van der Waals surface area contributed by atoms with Crippen molar-refractivity contribution in [1.29, 1.82) is 0 Å². The summed E-state index contributed by atoms with van der Waals surface area (Å²) in [6.07, 6.45) is 2.54. The summed E-state index contributed by atoms with van der Waals surface area (Å²) in [7, 11) is 0. The molecule has 0 saturated carbocycles. The Morgan fingerprint density at radius 3 is 2.43 bits per heavy atom. The topological polar surface area (TPSA) is 32.3 Å². The van der Waals surface area contributed by atoms with E-state index in [1.54, 1.807) is 0 Å². The molecule has 0 unspecified atom stereocenters. The maximum absolute atomic E-state index is 12.2. The van der Waals surface area contributed by atoms with E-state index in [2.05, 4.69) is 22.3 Å². The van der Waals surface area contributed by atoms with E-state index in [4.69, 9.17) is 0 Å². The van der Waals surface area contributed by atoms with Gasteiger partial charge in [-0.1, -0.05) is 18.2 Å². The molecule has 108 valence electrons. The van der Waals surface area contributed by atoms with Gasteiger partial charge < -0.3 is 10.2 Å². The molecule has 1 N–H and O–H groups in total. The predicted octanol–water partition coefficient (Wildman–Crippen LogP) is 3.85. The molecule has 1 fully saturated rings. The Kier molecular flexibility index (Phi) is 3.91. The zero-order valence-corrected chi connectivity index (χ0v) is 12.3. The predicted molar refractivity (Wildman–Crippen MR) is 87.0 cm³/mol. The Morgan fingerprint density at radius 1 is 1.05 bits per heavy atom. The van der Waals surface area contributed by atoms with Crippen molar-refractivity contribution in [3.05, 3.63) is 59.7 Å². The number of rotatable bonds is 3. The van der Waals surface area contributed by atoms with E-state index in [1.165, 1.54) is 18.5 Å². The molecule has 0 bridgehead atoms. The lowest BCUT2D eigenvalue weighted by Crippen LogP contribution is -2.18. The summed E-state index contributed by atoms with van der Waals surface area (Å²) in [5.41, 5.74) is 3.92. The van der Waals surface area contributed by atoms with E-state index < -0.39 is 0 Å². The van der Waals surface area contributed by atoms with E-state index in [0.717, 1.165) is 24.3 Å². The van der Waals surface area contributed by atoms with Crippen LogP contribution in [0.3, 0.4) is 0 Å². The van der Waals surface area contributed by atoms with E-state index in [0.29, 0.717) is 5.56 Å². The van der Waals surface area contributed by atoms with Crippen molar-refractivity contribution in [2.45, 2.75) is 19.8 Å². The van der Waals surface area contributed by atoms with E-state index in [9.17, 15) is 4.79 Å². The summed E-state index contributed by atoms with van der Waals surface area (Å²) in [5.74, 6) is -0.0624. The first kappa shape index (κ1) is 13.7. The van der Waals surface area contributed by atoms with Gasteiger partial charge in [-0.2, -0.15) is 0 Å². The van der Waals surface area contributed by atoms with Gasteiger partial charge in [0.15, 0.2) is 0 Å². The first-order chi connectivity index (χ1) is 10.2. The molecule has 2 aromatic rings. The van der Waals surface area contributed by atoms with Crippen LogP contribution in [0.4, 0.5) is 11.4 Å². The molecule has 3 nitrogen and oxygen atoms in total. The summed E-state index contributed by atoms with van der Waals surface area (Å²) in [4.78, 5) is 14.6. The Labute approximate surface area is 125 Å². The normalized spacial score (nSPS) is 14.2.